The predicted octanol–water partition coefficient (Wildman–Crippen LogP) is -1.84. The van der Waals surface area contributed by atoms with Gasteiger partial charge in [0.05, 0.1) is 12.2 Å². The smallest absolute Gasteiger partial charge is 0.270 e. The summed E-state index contributed by atoms with van der Waals surface area (Å²) in [6, 6.07) is 0. The van der Waals surface area contributed by atoms with Gasteiger partial charge < -0.3 is 15.1 Å². The molecule has 0 saturated carbocycles. The third kappa shape index (κ3) is 2.29. The van der Waals surface area contributed by atoms with Gasteiger partial charge in [-0.3, -0.25) is 9.59 Å². The highest BCUT2D eigenvalue weighted by molar-refractivity contribution is 6.39. The van der Waals surface area contributed by atoms with Crippen molar-refractivity contribution in [3.05, 3.63) is 0 Å². The van der Waals surface area contributed by atoms with Gasteiger partial charge in [0.2, 0.25) is 5.91 Å². The largest absolute Gasteiger partial charge is 0.388 e. The molecular weight excluding hydrogens is 226 g/mol. The van der Waals surface area contributed by atoms with E-state index in [-0.39, 0.29) is 31.3 Å². The van der Waals surface area contributed by atoms with Gasteiger partial charge in [0.25, 0.3) is 5.91 Å². The summed E-state index contributed by atoms with van der Waals surface area (Å²) in [6.07, 6.45) is -1.23. The molecule has 0 aromatic heterocycles. The number of amides is 2. The van der Waals surface area contributed by atoms with Gasteiger partial charge in [-0.2, -0.15) is 5.10 Å². The second kappa shape index (κ2) is 4.42. The van der Waals surface area contributed by atoms with Crippen LogP contribution in [0, 0.1) is 0 Å². The number of hydrazone groups is 1. The highest BCUT2D eigenvalue weighted by Crippen LogP contribution is 2.14. The Bertz CT molecular complexity index is 372. The fourth-order valence-corrected chi connectivity index (χ4v) is 1.94. The average molecular weight is 241 g/mol. The molecule has 7 nitrogen and oxygen atoms in total. The zero-order chi connectivity index (χ0) is 12.6. The number of rotatable bonds is 1. The van der Waals surface area contributed by atoms with Crippen molar-refractivity contribution in [2.45, 2.75) is 25.0 Å². The summed E-state index contributed by atoms with van der Waals surface area (Å²) in [7, 11) is 1.50. The van der Waals surface area contributed by atoms with Crippen molar-refractivity contribution in [2.75, 3.05) is 20.1 Å². The second-order valence-corrected chi connectivity index (χ2v) is 4.31. The molecule has 1 fully saturated rings. The van der Waals surface area contributed by atoms with Crippen LogP contribution in [0.3, 0.4) is 0 Å². The van der Waals surface area contributed by atoms with Crippen molar-refractivity contribution in [3.8, 4) is 0 Å². The lowest BCUT2D eigenvalue weighted by Gasteiger charge is -2.22. The monoisotopic (exact) mass is 241 g/mol. The van der Waals surface area contributed by atoms with Crippen LogP contribution in [-0.4, -0.2) is 70.0 Å². The van der Waals surface area contributed by atoms with Crippen LogP contribution in [-0.2, 0) is 9.59 Å². The Hall–Kier alpha value is -1.47. The molecule has 0 aromatic rings. The maximum absolute atomic E-state index is 12.0. The fourth-order valence-electron chi connectivity index (χ4n) is 1.94. The average Bonchev–Trinajstić information content (AvgIpc) is 2.62. The van der Waals surface area contributed by atoms with Gasteiger partial charge >= 0.3 is 0 Å². The molecule has 94 valence electrons. The summed E-state index contributed by atoms with van der Waals surface area (Å²) < 4.78 is 0. The molecule has 2 heterocycles. The Morgan fingerprint density at radius 2 is 1.88 bits per heavy atom. The molecule has 17 heavy (non-hydrogen) atoms. The Morgan fingerprint density at radius 1 is 1.29 bits per heavy atom. The first kappa shape index (κ1) is 12.0. The van der Waals surface area contributed by atoms with Crippen molar-refractivity contribution in [1.82, 2.24) is 9.91 Å². The van der Waals surface area contributed by atoms with Gasteiger partial charge in [-0.25, -0.2) is 5.01 Å². The first-order valence-electron chi connectivity index (χ1n) is 5.48. The van der Waals surface area contributed by atoms with Crippen LogP contribution in [0.2, 0.25) is 0 Å². The SMILES string of the molecule is CN1N=C(C(=O)N2CC(O)C(O)C2)CCC1=O. The molecule has 0 aromatic carbocycles. The van der Waals surface area contributed by atoms with Crippen LogP contribution < -0.4 is 0 Å². The van der Waals surface area contributed by atoms with Crippen molar-refractivity contribution in [3.63, 3.8) is 0 Å². The van der Waals surface area contributed by atoms with Gasteiger partial charge in [-0.15, -0.1) is 0 Å². The molecule has 0 aliphatic carbocycles. The van der Waals surface area contributed by atoms with E-state index in [9.17, 15) is 19.8 Å². The van der Waals surface area contributed by atoms with Gasteiger partial charge in [0.1, 0.15) is 5.71 Å². The van der Waals surface area contributed by atoms with E-state index in [4.69, 9.17) is 0 Å². The topological polar surface area (TPSA) is 93.4 Å². The molecule has 0 spiro atoms. The summed E-state index contributed by atoms with van der Waals surface area (Å²) in [6.45, 7) is 0.216. The minimum atomic E-state index is -0.900. The lowest BCUT2D eigenvalue weighted by Crippen LogP contribution is -2.40. The van der Waals surface area contributed by atoms with Crippen molar-refractivity contribution >= 4 is 17.5 Å². The van der Waals surface area contributed by atoms with E-state index in [0.717, 1.165) is 5.01 Å². The number of hydrogen-bond donors (Lipinski definition) is 2. The van der Waals surface area contributed by atoms with E-state index >= 15 is 0 Å². The minimum Gasteiger partial charge on any atom is -0.388 e. The summed E-state index contributed by atoms with van der Waals surface area (Å²) in [5, 5.41) is 23.8. The Balaban J connectivity index is 2.06. The predicted molar refractivity (Wildman–Crippen MR) is 58.0 cm³/mol. The lowest BCUT2D eigenvalue weighted by atomic mass is 10.1. The maximum Gasteiger partial charge on any atom is 0.270 e. The third-order valence-electron chi connectivity index (χ3n) is 3.00. The minimum absolute atomic E-state index is 0.108. The fraction of sp³-hybridized carbons (Fsp3) is 0.700. The molecule has 2 aliphatic rings. The van der Waals surface area contributed by atoms with Gasteiger partial charge in [-0.05, 0) is 0 Å². The van der Waals surface area contributed by atoms with E-state index in [0.29, 0.717) is 12.1 Å². The maximum atomic E-state index is 12.0. The van der Waals surface area contributed by atoms with Gasteiger partial charge in [0.15, 0.2) is 0 Å². The van der Waals surface area contributed by atoms with Crippen molar-refractivity contribution in [2.24, 2.45) is 5.10 Å². The van der Waals surface area contributed by atoms with Crippen LogP contribution in [0.5, 0.6) is 0 Å². The number of carbonyl (C=O) groups is 2. The molecule has 2 rings (SSSR count). The summed E-state index contributed by atoms with van der Waals surface area (Å²) in [4.78, 5) is 24.5. The molecule has 2 atom stereocenters. The van der Waals surface area contributed by atoms with Crippen LogP contribution in [0.4, 0.5) is 0 Å². The van der Waals surface area contributed by atoms with Crippen LogP contribution in [0.1, 0.15) is 12.8 Å². The van der Waals surface area contributed by atoms with Crippen LogP contribution >= 0.6 is 0 Å². The molecule has 1 saturated heterocycles. The molecular formula is C10H15N3O4. The number of β-amino-alcohol motifs (C(OH)–C–C–N with tert-alkyl or cyclic N) is 2. The number of carbonyl (C=O) groups excluding carboxylic acids is 2. The first-order chi connectivity index (χ1) is 7.99. The van der Waals surface area contributed by atoms with Crippen molar-refractivity contribution in [1.29, 1.82) is 0 Å². The van der Waals surface area contributed by atoms with Gasteiger partial charge in [0, 0.05) is 33.0 Å². The quantitative estimate of drug-likeness (QED) is 0.564. The Kier molecular flexibility index (Phi) is 3.12. The summed E-state index contributed by atoms with van der Waals surface area (Å²) in [5.41, 5.74) is 0.299. The molecule has 7 heteroatoms. The van der Waals surface area contributed by atoms with Crippen LogP contribution in [0.25, 0.3) is 0 Å². The Labute approximate surface area is 98.3 Å². The second-order valence-electron chi connectivity index (χ2n) is 4.31. The van der Waals surface area contributed by atoms with E-state index in [1.165, 1.54) is 11.9 Å². The number of aliphatic hydroxyl groups excluding tert-OH is 2. The van der Waals surface area contributed by atoms with E-state index in [1.807, 2.05) is 0 Å². The number of hydrogen-bond acceptors (Lipinski definition) is 5. The molecule has 2 unspecified atom stereocenters. The number of aliphatic hydroxyl groups is 2. The number of likely N-dealkylation sites (tertiary alicyclic amines) is 1. The molecule has 2 amide bonds. The molecule has 2 aliphatic heterocycles. The first-order valence-corrected chi connectivity index (χ1v) is 5.48. The molecule has 2 N–H and O–H groups in total. The van der Waals surface area contributed by atoms with E-state index in [2.05, 4.69) is 5.10 Å². The highest BCUT2D eigenvalue weighted by Gasteiger charge is 2.35. The normalized spacial score (nSPS) is 29.6. The Morgan fingerprint density at radius 3 is 2.41 bits per heavy atom. The van der Waals surface area contributed by atoms with Gasteiger partial charge in [-0.1, -0.05) is 0 Å². The zero-order valence-corrected chi connectivity index (χ0v) is 9.54. The van der Waals surface area contributed by atoms with E-state index < -0.39 is 12.2 Å². The molecule has 0 radical (unpaired) electrons. The molecule has 0 bridgehead atoms. The zero-order valence-electron chi connectivity index (χ0n) is 9.54. The number of nitrogens with zero attached hydrogens (tertiary/aromatic N) is 3. The van der Waals surface area contributed by atoms with E-state index in [1.54, 1.807) is 0 Å². The summed E-state index contributed by atoms with van der Waals surface area (Å²) >= 11 is 0. The summed E-state index contributed by atoms with van der Waals surface area (Å²) in [5.74, 6) is -0.442. The standard InChI is InChI=1S/C10H15N3O4/c1-12-9(16)3-2-6(11-12)10(17)13-4-7(14)8(15)5-13/h7-8,14-15H,2-5H2,1H3. The lowest BCUT2D eigenvalue weighted by molar-refractivity contribution is -0.130. The van der Waals surface area contributed by atoms with Crippen molar-refractivity contribution < 1.29 is 19.8 Å². The highest BCUT2D eigenvalue weighted by atomic mass is 16.3. The van der Waals surface area contributed by atoms with Crippen LogP contribution in [0.15, 0.2) is 5.10 Å². The third-order valence-corrected chi connectivity index (χ3v) is 3.00.